The molecule has 0 aliphatic heterocycles. The van der Waals surface area contributed by atoms with Crippen LogP contribution in [0.1, 0.15) is 0 Å². The highest BCUT2D eigenvalue weighted by Gasteiger charge is 2.06. The minimum absolute atomic E-state index is 0.235. The molecule has 1 atom stereocenters. The van der Waals surface area contributed by atoms with Gasteiger partial charge in [-0.25, -0.2) is 0 Å². The van der Waals surface area contributed by atoms with E-state index in [9.17, 15) is 0 Å². The number of hydrogen-bond acceptors (Lipinski definition) is 3. The quantitative estimate of drug-likeness (QED) is 0.426. The number of hydrogen-bond donors (Lipinski definition) is 3. The normalized spacial score (nSPS) is 26.2. The van der Waals surface area contributed by atoms with Gasteiger partial charge in [0.15, 0.2) is 0 Å². The number of allylic oxidation sites excluding steroid dienone is 1. The van der Waals surface area contributed by atoms with Crippen LogP contribution in [0.2, 0.25) is 0 Å². The second-order valence-electron chi connectivity index (χ2n) is 1.91. The van der Waals surface area contributed by atoms with Gasteiger partial charge in [0, 0.05) is 4.91 Å². The summed E-state index contributed by atoms with van der Waals surface area (Å²) >= 11 is 4.04. The first kappa shape index (κ1) is 6.58. The van der Waals surface area contributed by atoms with Crippen molar-refractivity contribution in [1.82, 2.24) is 0 Å². The van der Waals surface area contributed by atoms with E-state index in [-0.39, 0.29) is 6.04 Å². The molecule has 9 heavy (non-hydrogen) atoms. The van der Waals surface area contributed by atoms with Crippen molar-refractivity contribution in [2.75, 3.05) is 0 Å². The Labute approximate surface area is 59.4 Å². The van der Waals surface area contributed by atoms with Gasteiger partial charge in [-0.2, -0.15) is 0 Å². The molecule has 2 nitrogen and oxygen atoms in total. The number of thiol groups is 1. The van der Waals surface area contributed by atoms with Gasteiger partial charge in [-0.05, 0) is 6.08 Å². The smallest absolute Gasteiger partial charge is 0.0652 e. The summed E-state index contributed by atoms with van der Waals surface area (Å²) in [5, 5.41) is 7.22. The van der Waals surface area contributed by atoms with E-state index < -0.39 is 0 Å². The maximum Gasteiger partial charge on any atom is 0.0652 e. The molecule has 0 radical (unpaired) electrons. The predicted molar refractivity (Wildman–Crippen MR) is 41.9 cm³/mol. The van der Waals surface area contributed by atoms with Crippen molar-refractivity contribution in [2.45, 2.75) is 6.04 Å². The first-order valence-corrected chi connectivity index (χ1v) is 3.08. The van der Waals surface area contributed by atoms with E-state index in [0.717, 1.165) is 4.91 Å². The molecule has 0 fully saturated rings. The van der Waals surface area contributed by atoms with Crippen LogP contribution in [-0.4, -0.2) is 11.8 Å². The van der Waals surface area contributed by atoms with Crippen molar-refractivity contribution >= 4 is 18.3 Å². The first-order valence-electron chi connectivity index (χ1n) is 2.63. The van der Waals surface area contributed by atoms with Crippen LogP contribution in [0, 0.1) is 5.41 Å². The predicted octanol–water partition coefficient (Wildman–Crippen LogP) is 0.717. The van der Waals surface area contributed by atoms with Crippen LogP contribution in [0.4, 0.5) is 0 Å². The maximum absolute atomic E-state index is 7.22. The molecule has 0 saturated heterocycles. The third-order valence-electron chi connectivity index (χ3n) is 1.14. The highest BCUT2D eigenvalue weighted by Crippen LogP contribution is 2.08. The van der Waals surface area contributed by atoms with Crippen molar-refractivity contribution in [3.05, 3.63) is 23.1 Å². The van der Waals surface area contributed by atoms with Gasteiger partial charge >= 0.3 is 0 Å². The molecular formula is C6H8N2S. The lowest BCUT2D eigenvalue weighted by atomic mass is 10.1. The standard InChI is InChI=1S/C6H8N2S/c7-5-2-1-4(9)3-6(5)8/h1-3,5,8-9H,7H2. The third kappa shape index (κ3) is 1.43. The van der Waals surface area contributed by atoms with E-state index in [2.05, 4.69) is 12.6 Å². The van der Waals surface area contributed by atoms with E-state index in [4.69, 9.17) is 11.1 Å². The Morgan fingerprint density at radius 3 is 2.78 bits per heavy atom. The highest BCUT2D eigenvalue weighted by atomic mass is 32.1. The Hall–Kier alpha value is -0.540. The molecule has 0 aromatic carbocycles. The topological polar surface area (TPSA) is 49.9 Å². The molecule has 0 aromatic rings. The molecule has 1 aliphatic rings. The molecule has 1 unspecified atom stereocenters. The molecule has 0 spiro atoms. The molecule has 1 aliphatic carbocycles. The molecule has 0 amide bonds. The summed E-state index contributed by atoms with van der Waals surface area (Å²) in [6.45, 7) is 0. The lowest BCUT2D eigenvalue weighted by Gasteiger charge is -2.08. The zero-order valence-corrected chi connectivity index (χ0v) is 5.73. The maximum atomic E-state index is 7.22. The largest absolute Gasteiger partial charge is 0.319 e. The van der Waals surface area contributed by atoms with Gasteiger partial charge in [-0.3, -0.25) is 0 Å². The fourth-order valence-corrected chi connectivity index (χ4v) is 0.835. The van der Waals surface area contributed by atoms with Crippen molar-refractivity contribution in [3.8, 4) is 0 Å². The van der Waals surface area contributed by atoms with Crippen LogP contribution < -0.4 is 5.73 Å². The van der Waals surface area contributed by atoms with Gasteiger partial charge < -0.3 is 11.1 Å². The summed E-state index contributed by atoms with van der Waals surface area (Å²) in [6.07, 6.45) is 5.20. The Morgan fingerprint density at radius 2 is 2.33 bits per heavy atom. The lowest BCUT2D eigenvalue weighted by molar-refractivity contribution is 1.06. The average molecular weight is 140 g/mol. The fourth-order valence-electron chi connectivity index (χ4n) is 0.610. The van der Waals surface area contributed by atoms with Crippen molar-refractivity contribution in [2.24, 2.45) is 5.73 Å². The molecular weight excluding hydrogens is 132 g/mol. The van der Waals surface area contributed by atoms with Crippen LogP contribution in [0.5, 0.6) is 0 Å². The first-order chi connectivity index (χ1) is 4.20. The summed E-state index contributed by atoms with van der Waals surface area (Å²) in [4.78, 5) is 0.793. The van der Waals surface area contributed by atoms with Crippen molar-refractivity contribution in [1.29, 1.82) is 5.41 Å². The molecule has 3 heteroatoms. The van der Waals surface area contributed by atoms with Crippen molar-refractivity contribution in [3.63, 3.8) is 0 Å². The van der Waals surface area contributed by atoms with Gasteiger partial charge in [0.25, 0.3) is 0 Å². The van der Waals surface area contributed by atoms with Gasteiger partial charge in [0.1, 0.15) is 0 Å². The Kier molecular flexibility index (Phi) is 1.73. The minimum Gasteiger partial charge on any atom is -0.319 e. The lowest BCUT2D eigenvalue weighted by Crippen LogP contribution is -2.27. The molecule has 0 aromatic heterocycles. The van der Waals surface area contributed by atoms with E-state index in [0.29, 0.717) is 5.71 Å². The van der Waals surface area contributed by atoms with Gasteiger partial charge in [-0.15, -0.1) is 12.6 Å². The molecule has 0 saturated carbocycles. The van der Waals surface area contributed by atoms with Crippen LogP contribution in [-0.2, 0) is 0 Å². The molecule has 48 valence electrons. The second-order valence-corrected chi connectivity index (χ2v) is 2.43. The van der Waals surface area contributed by atoms with E-state index in [1.54, 1.807) is 18.2 Å². The van der Waals surface area contributed by atoms with Gasteiger partial charge in [0.2, 0.25) is 0 Å². The zero-order chi connectivity index (χ0) is 6.85. The SMILES string of the molecule is N=C1C=C(S)C=CC1N. The molecule has 1 rings (SSSR count). The fraction of sp³-hybridized carbons (Fsp3) is 0.167. The van der Waals surface area contributed by atoms with Crippen LogP contribution in [0.25, 0.3) is 0 Å². The molecule has 0 bridgehead atoms. The van der Waals surface area contributed by atoms with E-state index >= 15 is 0 Å². The third-order valence-corrected chi connectivity index (χ3v) is 1.41. The second kappa shape index (κ2) is 2.37. The van der Waals surface area contributed by atoms with E-state index in [1.807, 2.05) is 0 Å². The van der Waals surface area contributed by atoms with Crippen LogP contribution in [0.15, 0.2) is 23.1 Å². The minimum atomic E-state index is -0.235. The zero-order valence-electron chi connectivity index (χ0n) is 4.83. The number of nitrogens with one attached hydrogen (secondary N) is 1. The average Bonchev–Trinajstić information content (AvgIpc) is 1.80. The van der Waals surface area contributed by atoms with Crippen LogP contribution in [0.3, 0.4) is 0 Å². The monoisotopic (exact) mass is 140 g/mol. The highest BCUT2D eigenvalue weighted by molar-refractivity contribution is 7.84. The molecule has 3 N–H and O–H groups in total. The summed E-state index contributed by atoms with van der Waals surface area (Å²) in [5.41, 5.74) is 5.87. The Bertz CT molecular complexity index is 193. The van der Waals surface area contributed by atoms with E-state index in [1.165, 1.54) is 0 Å². The van der Waals surface area contributed by atoms with Crippen molar-refractivity contribution < 1.29 is 0 Å². The summed E-state index contributed by atoms with van der Waals surface area (Å²) in [7, 11) is 0. The van der Waals surface area contributed by atoms with Gasteiger partial charge in [-0.1, -0.05) is 12.2 Å². The number of rotatable bonds is 0. The Morgan fingerprint density at radius 1 is 1.67 bits per heavy atom. The number of nitrogens with two attached hydrogens (primary N) is 1. The summed E-state index contributed by atoms with van der Waals surface area (Å²) in [6, 6.07) is -0.235. The van der Waals surface area contributed by atoms with Gasteiger partial charge in [0.05, 0.1) is 11.8 Å². The van der Waals surface area contributed by atoms with Crippen LogP contribution >= 0.6 is 12.6 Å². The Balaban J connectivity index is 2.82. The summed E-state index contributed by atoms with van der Waals surface area (Å²) < 4.78 is 0. The molecule has 0 heterocycles. The summed E-state index contributed by atoms with van der Waals surface area (Å²) in [5.74, 6) is 0.